The van der Waals surface area contributed by atoms with Crippen LogP contribution < -0.4 is 0 Å². The molecule has 0 aliphatic rings. The van der Waals surface area contributed by atoms with Crippen molar-refractivity contribution in [3.8, 4) is 0 Å². The monoisotopic (exact) mass is 430 g/mol. The standard InChI is InChI=1S/C12H4F14O/c1-3(5(13)7(15)9(17,18)11(21,22)23)27-4(2)6(14)8(16)10(19,20)12(24,25)26/h1-2H2. The molecule has 27 heavy (non-hydrogen) atoms. The summed E-state index contributed by atoms with van der Waals surface area (Å²) in [4.78, 5) is 0. The van der Waals surface area contributed by atoms with E-state index in [1.54, 1.807) is 0 Å². The van der Waals surface area contributed by atoms with Gasteiger partial charge in [-0.1, -0.05) is 13.2 Å². The Morgan fingerprint density at radius 2 is 0.741 bits per heavy atom. The Kier molecular flexibility index (Phi) is 6.81. The van der Waals surface area contributed by atoms with Gasteiger partial charge in [-0.25, -0.2) is 8.78 Å². The van der Waals surface area contributed by atoms with Crippen molar-refractivity contribution in [2.75, 3.05) is 0 Å². The van der Waals surface area contributed by atoms with Crippen LogP contribution in [0.4, 0.5) is 61.5 Å². The van der Waals surface area contributed by atoms with Crippen molar-refractivity contribution >= 4 is 0 Å². The number of ether oxygens (including phenoxy) is 1. The number of hydrogen-bond acceptors (Lipinski definition) is 1. The lowest BCUT2D eigenvalue weighted by Crippen LogP contribution is -2.37. The molecular weight excluding hydrogens is 426 g/mol. The van der Waals surface area contributed by atoms with Crippen LogP contribution in [0.5, 0.6) is 0 Å². The predicted octanol–water partition coefficient (Wildman–Crippen LogP) is 6.73. The van der Waals surface area contributed by atoms with Gasteiger partial charge < -0.3 is 4.74 Å². The Morgan fingerprint density at radius 3 is 0.926 bits per heavy atom. The molecule has 0 atom stereocenters. The molecule has 0 bridgehead atoms. The maximum absolute atomic E-state index is 13.2. The summed E-state index contributed by atoms with van der Waals surface area (Å²) in [6.45, 7) is 4.37. The zero-order valence-electron chi connectivity index (χ0n) is 12.1. The molecule has 0 saturated heterocycles. The topological polar surface area (TPSA) is 9.23 Å². The Balaban J connectivity index is 5.75. The van der Waals surface area contributed by atoms with Crippen LogP contribution in [0.15, 0.2) is 48.0 Å². The molecule has 0 rings (SSSR count). The van der Waals surface area contributed by atoms with Crippen LogP contribution in [0.2, 0.25) is 0 Å². The zero-order valence-corrected chi connectivity index (χ0v) is 12.1. The van der Waals surface area contributed by atoms with Crippen molar-refractivity contribution in [3.05, 3.63) is 48.0 Å². The van der Waals surface area contributed by atoms with E-state index in [9.17, 15) is 61.5 Å². The summed E-state index contributed by atoms with van der Waals surface area (Å²) >= 11 is 0. The molecule has 1 nitrogen and oxygen atoms in total. The first-order valence-corrected chi connectivity index (χ1v) is 5.76. The first-order valence-electron chi connectivity index (χ1n) is 5.76. The lowest BCUT2D eigenvalue weighted by atomic mass is 10.2. The third-order valence-electron chi connectivity index (χ3n) is 2.38. The quantitative estimate of drug-likeness (QED) is 0.258. The summed E-state index contributed by atoms with van der Waals surface area (Å²) in [7, 11) is 0. The number of rotatable bonds is 6. The van der Waals surface area contributed by atoms with Crippen LogP contribution in [0.3, 0.4) is 0 Å². The molecule has 0 spiro atoms. The van der Waals surface area contributed by atoms with Crippen molar-refractivity contribution in [2.24, 2.45) is 0 Å². The van der Waals surface area contributed by atoms with Gasteiger partial charge >= 0.3 is 24.2 Å². The number of hydrogen-bond donors (Lipinski definition) is 0. The van der Waals surface area contributed by atoms with Gasteiger partial charge in [0.15, 0.2) is 11.5 Å². The van der Waals surface area contributed by atoms with Crippen LogP contribution in [-0.4, -0.2) is 24.2 Å². The number of halogens is 14. The van der Waals surface area contributed by atoms with Crippen LogP contribution >= 0.6 is 0 Å². The lowest BCUT2D eigenvalue weighted by molar-refractivity contribution is -0.271. The zero-order chi connectivity index (χ0) is 22.2. The van der Waals surface area contributed by atoms with Crippen molar-refractivity contribution < 1.29 is 66.2 Å². The van der Waals surface area contributed by atoms with Gasteiger partial charge in [0.2, 0.25) is 23.3 Å². The fourth-order valence-corrected chi connectivity index (χ4v) is 1.01. The van der Waals surface area contributed by atoms with E-state index in [0.717, 1.165) is 0 Å². The molecule has 0 aromatic rings. The molecule has 0 aliphatic heterocycles. The van der Waals surface area contributed by atoms with E-state index in [-0.39, 0.29) is 0 Å². The highest BCUT2D eigenvalue weighted by Gasteiger charge is 2.63. The summed E-state index contributed by atoms with van der Waals surface area (Å²) in [5.74, 6) is -31.6. The third-order valence-corrected chi connectivity index (χ3v) is 2.38. The van der Waals surface area contributed by atoms with Crippen molar-refractivity contribution in [1.29, 1.82) is 0 Å². The second-order valence-corrected chi connectivity index (χ2v) is 4.35. The van der Waals surface area contributed by atoms with Gasteiger partial charge in [0, 0.05) is 0 Å². The fourth-order valence-electron chi connectivity index (χ4n) is 1.01. The lowest BCUT2D eigenvalue weighted by Gasteiger charge is -2.19. The van der Waals surface area contributed by atoms with E-state index in [1.165, 1.54) is 0 Å². The molecule has 0 heterocycles. The second-order valence-electron chi connectivity index (χ2n) is 4.35. The highest BCUT2D eigenvalue weighted by Crippen LogP contribution is 2.45. The highest BCUT2D eigenvalue weighted by molar-refractivity contribution is 5.30. The third kappa shape index (κ3) is 4.94. The fraction of sp³-hybridized carbons (Fsp3) is 0.333. The number of allylic oxidation sites excluding steroid dienone is 4. The summed E-state index contributed by atoms with van der Waals surface area (Å²) in [6, 6.07) is 0. The molecule has 15 heteroatoms. The van der Waals surface area contributed by atoms with Gasteiger partial charge in [-0.15, -0.1) is 0 Å². The molecule has 0 unspecified atom stereocenters. The van der Waals surface area contributed by atoms with E-state index in [2.05, 4.69) is 17.9 Å². The molecule has 156 valence electrons. The molecule has 0 radical (unpaired) electrons. The first-order chi connectivity index (χ1) is 11.7. The van der Waals surface area contributed by atoms with E-state index in [0.29, 0.717) is 0 Å². The minimum absolute atomic E-state index is 2.19. The SMILES string of the molecule is C=C(OC(=C)C(F)=C(F)C(F)(F)C(F)(F)F)C(F)=C(F)C(F)(F)C(F)(F)F. The maximum atomic E-state index is 13.2. The average molecular weight is 430 g/mol. The Morgan fingerprint density at radius 1 is 0.519 bits per heavy atom. The van der Waals surface area contributed by atoms with Crippen LogP contribution in [-0.2, 0) is 4.74 Å². The first kappa shape index (κ1) is 24.8. The van der Waals surface area contributed by atoms with Crippen LogP contribution in [0, 0.1) is 0 Å². The van der Waals surface area contributed by atoms with Gasteiger partial charge in [0.25, 0.3) is 0 Å². The van der Waals surface area contributed by atoms with E-state index >= 15 is 0 Å². The molecule has 0 saturated carbocycles. The molecular formula is C12H4F14O. The summed E-state index contributed by atoms with van der Waals surface area (Å²) in [5, 5.41) is 0. The largest absolute Gasteiger partial charge is 0.460 e. The predicted molar refractivity (Wildman–Crippen MR) is 59.9 cm³/mol. The molecule has 0 aromatic heterocycles. The Bertz CT molecular complexity index is 617. The van der Waals surface area contributed by atoms with Gasteiger partial charge in [0.1, 0.15) is 0 Å². The van der Waals surface area contributed by atoms with Gasteiger partial charge in [-0.2, -0.15) is 52.7 Å². The van der Waals surface area contributed by atoms with E-state index in [1.807, 2.05) is 0 Å². The molecule has 0 amide bonds. The number of alkyl halides is 10. The summed E-state index contributed by atoms with van der Waals surface area (Å²) < 4.78 is 177. The van der Waals surface area contributed by atoms with Gasteiger partial charge in [-0.3, -0.25) is 0 Å². The van der Waals surface area contributed by atoms with Gasteiger partial charge in [0.05, 0.1) is 0 Å². The minimum atomic E-state index is -6.66. The average Bonchev–Trinajstić information content (AvgIpc) is 2.49. The van der Waals surface area contributed by atoms with Crippen molar-refractivity contribution in [3.63, 3.8) is 0 Å². The Hall–Kier alpha value is -2.22. The van der Waals surface area contributed by atoms with E-state index < -0.39 is 59.0 Å². The highest BCUT2D eigenvalue weighted by atomic mass is 19.4. The van der Waals surface area contributed by atoms with Crippen LogP contribution in [0.1, 0.15) is 0 Å². The van der Waals surface area contributed by atoms with Crippen LogP contribution in [0.25, 0.3) is 0 Å². The normalized spacial score (nSPS) is 15.8. The van der Waals surface area contributed by atoms with Crippen molar-refractivity contribution in [1.82, 2.24) is 0 Å². The summed E-state index contributed by atoms with van der Waals surface area (Å²) in [5.41, 5.74) is 0. The minimum Gasteiger partial charge on any atom is -0.452 e. The maximum Gasteiger partial charge on any atom is 0.460 e. The summed E-state index contributed by atoms with van der Waals surface area (Å²) in [6.07, 6.45) is -13.3. The molecule has 0 fully saturated rings. The smallest absolute Gasteiger partial charge is 0.452 e. The molecule has 0 aromatic carbocycles. The van der Waals surface area contributed by atoms with E-state index in [4.69, 9.17) is 0 Å². The van der Waals surface area contributed by atoms with Gasteiger partial charge in [-0.05, 0) is 0 Å². The van der Waals surface area contributed by atoms with Crippen molar-refractivity contribution in [2.45, 2.75) is 24.2 Å². The second kappa shape index (κ2) is 7.42. The molecule has 0 N–H and O–H groups in total. The Labute approximate surface area is 139 Å². The molecule has 0 aliphatic carbocycles.